The van der Waals surface area contributed by atoms with Crippen molar-refractivity contribution in [3.63, 3.8) is 0 Å². The predicted octanol–water partition coefficient (Wildman–Crippen LogP) is -0.747. The van der Waals surface area contributed by atoms with Crippen molar-refractivity contribution in [2.24, 2.45) is 0 Å². The van der Waals surface area contributed by atoms with Crippen molar-refractivity contribution in [1.82, 2.24) is 0 Å². The molecule has 0 bridgehead atoms. The number of hydrogen-bond acceptors (Lipinski definition) is 1. The monoisotopic (exact) mass is 291 g/mol. The Bertz CT molecular complexity index is 306. The minimum atomic E-state index is 0. The minimum Gasteiger partial charge on any atom is -1.00 e. The molecule has 0 heterocycles. The summed E-state index contributed by atoms with van der Waals surface area (Å²) in [6.07, 6.45) is 6.97. The first-order chi connectivity index (χ1) is 7.27. The molecule has 0 atom stereocenters. The van der Waals surface area contributed by atoms with E-state index >= 15 is 0 Å². The summed E-state index contributed by atoms with van der Waals surface area (Å²) in [6, 6.07) is 9.69. The second-order valence-corrected chi connectivity index (χ2v) is 5.39. The molecule has 1 aromatic rings. The number of anilines is 1. The smallest absolute Gasteiger partial charge is 1.00 e. The van der Waals surface area contributed by atoms with Gasteiger partial charge in [0, 0.05) is 0 Å². The Morgan fingerprint density at radius 1 is 1.06 bits per heavy atom. The Hall–Kier alpha value is 0.266. The first kappa shape index (κ1) is 14.3. The SMILES string of the molecule is CN(c1cc[c]([Mg+])cc1)C1CCCCC1.[Br-]. The van der Waals surface area contributed by atoms with E-state index in [1.54, 1.807) is 0 Å². The summed E-state index contributed by atoms with van der Waals surface area (Å²) in [7, 11) is 2.24. The van der Waals surface area contributed by atoms with Crippen LogP contribution < -0.4 is 25.6 Å². The third-order valence-electron chi connectivity index (χ3n) is 3.47. The van der Waals surface area contributed by atoms with Crippen LogP contribution >= 0.6 is 0 Å². The van der Waals surface area contributed by atoms with Gasteiger partial charge in [0.15, 0.2) is 0 Å². The number of hydrogen-bond donors (Lipinski definition) is 0. The minimum absolute atomic E-state index is 0. The molecule has 0 aliphatic heterocycles. The Labute approximate surface area is 122 Å². The summed E-state index contributed by atoms with van der Waals surface area (Å²) in [5.41, 5.74) is 1.37. The van der Waals surface area contributed by atoms with Gasteiger partial charge in [-0.15, -0.1) is 0 Å². The summed E-state index contributed by atoms with van der Waals surface area (Å²) >= 11 is 1.95. The van der Waals surface area contributed by atoms with Gasteiger partial charge in [0.1, 0.15) is 0 Å². The zero-order valence-corrected chi connectivity index (χ0v) is 13.0. The van der Waals surface area contributed by atoms with Gasteiger partial charge in [-0.3, -0.25) is 0 Å². The summed E-state index contributed by atoms with van der Waals surface area (Å²) in [4.78, 5) is 2.46. The normalized spacial score (nSPS) is 16.7. The molecule has 0 amide bonds. The second-order valence-electron chi connectivity index (χ2n) is 4.57. The van der Waals surface area contributed by atoms with E-state index in [0.29, 0.717) is 0 Å². The van der Waals surface area contributed by atoms with Crippen LogP contribution in [0.2, 0.25) is 0 Å². The van der Waals surface area contributed by atoms with Crippen molar-refractivity contribution in [3.8, 4) is 0 Å². The second kappa shape index (κ2) is 6.87. The van der Waals surface area contributed by atoms with E-state index in [1.165, 1.54) is 41.5 Å². The van der Waals surface area contributed by atoms with E-state index in [-0.39, 0.29) is 17.0 Å². The van der Waals surface area contributed by atoms with Gasteiger partial charge in [-0.05, 0) is 0 Å². The fourth-order valence-electron chi connectivity index (χ4n) is 2.41. The molecule has 1 nitrogen and oxygen atoms in total. The fourth-order valence-corrected chi connectivity index (χ4v) is 2.65. The molecular formula is C13H18BrMgN. The Morgan fingerprint density at radius 2 is 1.62 bits per heavy atom. The average molecular weight is 293 g/mol. The molecule has 1 aromatic carbocycles. The maximum Gasteiger partial charge on any atom is -1.00 e. The van der Waals surface area contributed by atoms with Crippen LogP contribution in [0, 0.1) is 0 Å². The van der Waals surface area contributed by atoms with E-state index in [4.69, 9.17) is 0 Å². The van der Waals surface area contributed by atoms with Crippen LogP contribution in [0.15, 0.2) is 24.3 Å². The molecule has 84 valence electrons. The fraction of sp³-hybridized carbons (Fsp3) is 0.538. The maximum atomic E-state index is 2.46. The van der Waals surface area contributed by atoms with E-state index < -0.39 is 0 Å². The molecule has 16 heavy (non-hydrogen) atoms. The molecule has 3 heteroatoms. The van der Waals surface area contributed by atoms with Crippen LogP contribution in [0.5, 0.6) is 0 Å². The van der Waals surface area contributed by atoms with Crippen LogP contribution in [0.4, 0.5) is 5.69 Å². The number of benzene rings is 1. The van der Waals surface area contributed by atoms with E-state index in [9.17, 15) is 0 Å². The van der Waals surface area contributed by atoms with E-state index in [2.05, 4.69) is 36.2 Å². The van der Waals surface area contributed by atoms with Crippen LogP contribution in [0.1, 0.15) is 32.1 Å². The molecule has 2 rings (SSSR count). The average Bonchev–Trinajstić information content (AvgIpc) is 2.30. The van der Waals surface area contributed by atoms with Gasteiger partial charge in [-0.2, -0.15) is 0 Å². The van der Waals surface area contributed by atoms with Gasteiger partial charge < -0.3 is 17.0 Å². The Kier molecular flexibility index (Phi) is 6.15. The van der Waals surface area contributed by atoms with E-state index in [1.807, 2.05) is 21.7 Å². The van der Waals surface area contributed by atoms with Crippen LogP contribution in [-0.4, -0.2) is 34.8 Å². The largest absolute Gasteiger partial charge is 1.00 e. The molecule has 1 aliphatic carbocycles. The van der Waals surface area contributed by atoms with Gasteiger partial charge in [-0.1, -0.05) is 0 Å². The van der Waals surface area contributed by atoms with Crippen molar-refractivity contribution in [1.29, 1.82) is 0 Å². The summed E-state index contributed by atoms with van der Waals surface area (Å²) in [5.74, 6) is 0. The maximum absolute atomic E-state index is 2.46. The molecule has 1 saturated carbocycles. The van der Waals surface area contributed by atoms with Crippen molar-refractivity contribution in [2.45, 2.75) is 38.1 Å². The third-order valence-corrected chi connectivity index (χ3v) is 3.94. The van der Waals surface area contributed by atoms with Gasteiger partial charge in [0.25, 0.3) is 0 Å². The molecule has 1 aliphatic rings. The van der Waals surface area contributed by atoms with Crippen LogP contribution in [0.25, 0.3) is 0 Å². The van der Waals surface area contributed by atoms with Crippen molar-refractivity contribution in [3.05, 3.63) is 24.3 Å². The molecular weight excluding hydrogens is 274 g/mol. The Morgan fingerprint density at radius 3 is 2.19 bits per heavy atom. The van der Waals surface area contributed by atoms with Crippen molar-refractivity contribution < 1.29 is 17.0 Å². The third kappa shape index (κ3) is 3.64. The predicted molar refractivity (Wildman–Crippen MR) is 67.1 cm³/mol. The van der Waals surface area contributed by atoms with Gasteiger partial charge in [0.05, 0.1) is 0 Å². The molecule has 0 N–H and O–H groups in total. The summed E-state index contributed by atoms with van der Waals surface area (Å²) in [5, 5.41) is 0. The Balaban J connectivity index is 0.00000128. The molecule has 0 radical (unpaired) electrons. The quantitative estimate of drug-likeness (QED) is 0.649. The standard InChI is InChI=1S/C13H18N.BrH.Mg/c1-14(12-8-4-2-5-9-12)13-10-6-3-7-11-13;;/h6-7,10-12H,2,4-5,8-9H2,1H3;1H;/q;;+1/p-1. The van der Waals surface area contributed by atoms with Gasteiger partial charge >= 0.3 is 105 Å². The van der Waals surface area contributed by atoms with E-state index in [0.717, 1.165) is 6.04 Å². The molecule has 1 fully saturated rings. The summed E-state index contributed by atoms with van der Waals surface area (Å²) < 4.78 is 1.37. The van der Waals surface area contributed by atoms with Crippen LogP contribution in [-0.2, 0) is 0 Å². The van der Waals surface area contributed by atoms with Crippen LogP contribution in [0.3, 0.4) is 0 Å². The van der Waals surface area contributed by atoms with Crippen molar-refractivity contribution >= 4 is 31.1 Å². The first-order valence-corrected chi connectivity index (χ1v) is 6.63. The number of rotatable bonds is 2. The molecule has 0 saturated heterocycles. The zero-order chi connectivity index (χ0) is 10.7. The number of nitrogens with zero attached hydrogens (tertiary/aromatic N) is 1. The van der Waals surface area contributed by atoms with Gasteiger partial charge in [-0.25, -0.2) is 0 Å². The summed E-state index contributed by atoms with van der Waals surface area (Å²) in [6.45, 7) is 0. The molecule has 0 unspecified atom stereocenters. The first-order valence-electron chi connectivity index (χ1n) is 5.92. The molecule has 0 spiro atoms. The van der Waals surface area contributed by atoms with Gasteiger partial charge in [0.2, 0.25) is 0 Å². The zero-order valence-electron chi connectivity index (χ0n) is 9.95. The number of halogens is 1. The van der Waals surface area contributed by atoms with Crippen molar-refractivity contribution in [2.75, 3.05) is 11.9 Å². The molecule has 0 aromatic heterocycles. The topological polar surface area (TPSA) is 3.24 Å².